The number of methoxy groups -OCH3 is 1. The smallest absolute Gasteiger partial charge is 0.265 e. The summed E-state index contributed by atoms with van der Waals surface area (Å²) in [5, 5.41) is 0. The number of hydrogen-bond donors (Lipinski definition) is 0. The summed E-state index contributed by atoms with van der Waals surface area (Å²) in [6.07, 6.45) is -1.21. The first-order valence-electron chi connectivity index (χ1n) is 3.56. The second-order valence-electron chi connectivity index (χ2n) is 2.35. The molecule has 0 unspecified atom stereocenters. The van der Waals surface area contributed by atoms with Crippen LogP contribution in [0.1, 0.15) is 17.7 Å². The Kier molecular flexibility index (Phi) is 3.42. The first-order chi connectivity index (χ1) is 6.19. The van der Waals surface area contributed by atoms with Crippen LogP contribution in [0.15, 0.2) is 12.3 Å². The van der Waals surface area contributed by atoms with Gasteiger partial charge in [-0.1, -0.05) is 0 Å². The van der Waals surface area contributed by atoms with Gasteiger partial charge in [-0.2, -0.15) is 0 Å². The number of alkyl halides is 3. The van der Waals surface area contributed by atoms with Gasteiger partial charge in [-0.25, -0.2) is 8.78 Å². The van der Waals surface area contributed by atoms with Crippen molar-refractivity contribution in [2.45, 2.75) is 12.3 Å². The van der Waals surface area contributed by atoms with E-state index < -0.39 is 6.43 Å². The molecule has 0 aliphatic rings. The standard InChI is InChI=1S/C8H8ClF2NO/c1-13-5-2-6(8(10)11)7(3-9)12-4-5/h2,4,8H,3H2,1H3. The maximum atomic E-state index is 12.4. The average Bonchev–Trinajstić information content (AvgIpc) is 2.16. The highest BCUT2D eigenvalue weighted by molar-refractivity contribution is 6.17. The molecule has 0 atom stereocenters. The van der Waals surface area contributed by atoms with Crippen LogP contribution in [0.2, 0.25) is 0 Å². The summed E-state index contributed by atoms with van der Waals surface area (Å²) in [7, 11) is 1.40. The average molecular weight is 208 g/mol. The lowest BCUT2D eigenvalue weighted by Gasteiger charge is -2.06. The SMILES string of the molecule is COc1cnc(CCl)c(C(F)F)c1. The van der Waals surface area contributed by atoms with Crippen molar-refractivity contribution in [1.82, 2.24) is 4.98 Å². The molecule has 1 aromatic heterocycles. The molecule has 0 aliphatic carbocycles. The van der Waals surface area contributed by atoms with Crippen molar-refractivity contribution >= 4 is 11.6 Å². The van der Waals surface area contributed by atoms with Crippen molar-refractivity contribution in [3.63, 3.8) is 0 Å². The summed E-state index contributed by atoms with van der Waals surface area (Å²) in [4.78, 5) is 3.75. The fourth-order valence-electron chi connectivity index (χ4n) is 0.902. The summed E-state index contributed by atoms with van der Waals surface area (Å²) in [6, 6.07) is 1.25. The molecule has 13 heavy (non-hydrogen) atoms. The van der Waals surface area contributed by atoms with Crippen LogP contribution in [0.5, 0.6) is 5.75 Å². The second-order valence-corrected chi connectivity index (χ2v) is 2.61. The molecule has 1 rings (SSSR count). The van der Waals surface area contributed by atoms with Crippen LogP contribution < -0.4 is 4.74 Å². The second kappa shape index (κ2) is 4.37. The Morgan fingerprint density at radius 2 is 2.31 bits per heavy atom. The van der Waals surface area contributed by atoms with Crippen LogP contribution in [0.3, 0.4) is 0 Å². The topological polar surface area (TPSA) is 22.1 Å². The molecular weight excluding hydrogens is 200 g/mol. The molecule has 0 amide bonds. The Labute approximate surface area is 79.5 Å². The third-order valence-corrected chi connectivity index (χ3v) is 1.83. The fraction of sp³-hybridized carbons (Fsp3) is 0.375. The van der Waals surface area contributed by atoms with Gasteiger partial charge >= 0.3 is 0 Å². The first kappa shape index (κ1) is 10.2. The lowest BCUT2D eigenvalue weighted by molar-refractivity contribution is 0.149. The van der Waals surface area contributed by atoms with E-state index in [-0.39, 0.29) is 17.1 Å². The summed E-state index contributed by atoms with van der Waals surface area (Å²) in [5.41, 5.74) is 0.0202. The van der Waals surface area contributed by atoms with Gasteiger partial charge in [0.2, 0.25) is 0 Å². The maximum absolute atomic E-state index is 12.4. The Hall–Kier alpha value is -0.900. The van der Waals surface area contributed by atoms with Gasteiger partial charge in [0.05, 0.1) is 24.9 Å². The highest BCUT2D eigenvalue weighted by Crippen LogP contribution is 2.26. The molecule has 5 heteroatoms. The van der Waals surface area contributed by atoms with Crippen LogP contribution in [0.4, 0.5) is 8.78 Å². The van der Waals surface area contributed by atoms with Crippen LogP contribution >= 0.6 is 11.6 Å². The molecule has 1 aromatic rings. The van der Waals surface area contributed by atoms with Crippen LogP contribution in [0, 0.1) is 0 Å². The van der Waals surface area contributed by atoms with Crippen molar-refractivity contribution in [3.05, 3.63) is 23.5 Å². The Balaban J connectivity index is 3.10. The zero-order valence-electron chi connectivity index (χ0n) is 6.93. The summed E-state index contributed by atoms with van der Waals surface area (Å²) in [5.74, 6) is 0.285. The predicted molar refractivity (Wildman–Crippen MR) is 45.3 cm³/mol. The van der Waals surface area contributed by atoms with Crippen LogP contribution in [-0.4, -0.2) is 12.1 Å². The van der Waals surface area contributed by atoms with Crippen molar-refractivity contribution in [2.75, 3.05) is 7.11 Å². The van der Waals surface area contributed by atoms with Gasteiger partial charge in [-0.05, 0) is 6.07 Å². The molecule has 0 N–H and O–H groups in total. The van der Waals surface area contributed by atoms with Crippen molar-refractivity contribution in [1.29, 1.82) is 0 Å². The van der Waals surface area contributed by atoms with Crippen molar-refractivity contribution in [2.24, 2.45) is 0 Å². The molecule has 2 nitrogen and oxygen atoms in total. The van der Waals surface area contributed by atoms with E-state index in [0.29, 0.717) is 5.75 Å². The van der Waals surface area contributed by atoms with Gasteiger partial charge in [0, 0.05) is 5.56 Å². The van der Waals surface area contributed by atoms with Gasteiger partial charge in [0.25, 0.3) is 6.43 Å². The monoisotopic (exact) mass is 207 g/mol. The lowest BCUT2D eigenvalue weighted by Crippen LogP contribution is -1.97. The Bertz CT molecular complexity index is 293. The molecule has 0 radical (unpaired) electrons. The Morgan fingerprint density at radius 1 is 1.62 bits per heavy atom. The maximum Gasteiger partial charge on any atom is 0.265 e. The third-order valence-electron chi connectivity index (χ3n) is 1.58. The van der Waals surface area contributed by atoms with E-state index in [9.17, 15) is 8.78 Å². The number of nitrogens with zero attached hydrogens (tertiary/aromatic N) is 1. The fourth-order valence-corrected chi connectivity index (χ4v) is 1.13. The molecule has 0 saturated heterocycles. The number of rotatable bonds is 3. The quantitative estimate of drug-likeness (QED) is 0.711. The molecule has 0 fully saturated rings. The number of halogens is 3. The van der Waals surface area contributed by atoms with E-state index in [4.69, 9.17) is 16.3 Å². The zero-order valence-corrected chi connectivity index (χ0v) is 7.68. The van der Waals surface area contributed by atoms with Gasteiger partial charge in [-0.3, -0.25) is 4.98 Å². The highest BCUT2D eigenvalue weighted by Gasteiger charge is 2.14. The zero-order chi connectivity index (χ0) is 9.84. The molecule has 0 spiro atoms. The molecule has 0 bridgehead atoms. The van der Waals surface area contributed by atoms with E-state index in [1.54, 1.807) is 0 Å². The summed E-state index contributed by atoms with van der Waals surface area (Å²) in [6.45, 7) is 0. The van der Waals surface area contributed by atoms with Crippen LogP contribution in [-0.2, 0) is 5.88 Å². The van der Waals surface area contributed by atoms with Gasteiger partial charge in [-0.15, -0.1) is 11.6 Å². The van der Waals surface area contributed by atoms with E-state index in [1.807, 2.05) is 0 Å². The summed E-state index contributed by atoms with van der Waals surface area (Å²) < 4.78 is 29.5. The predicted octanol–water partition coefficient (Wildman–Crippen LogP) is 2.77. The van der Waals surface area contributed by atoms with Crippen LogP contribution in [0.25, 0.3) is 0 Å². The third kappa shape index (κ3) is 2.28. The molecule has 0 aromatic carbocycles. The lowest BCUT2D eigenvalue weighted by atomic mass is 10.2. The molecular formula is C8H8ClF2NO. The number of pyridine rings is 1. The number of ether oxygens (including phenoxy) is 1. The molecule has 0 saturated carbocycles. The minimum Gasteiger partial charge on any atom is -0.495 e. The number of aromatic nitrogens is 1. The first-order valence-corrected chi connectivity index (χ1v) is 4.09. The highest BCUT2D eigenvalue weighted by atomic mass is 35.5. The van der Waals surface area contributed by atoms with Crippen molar-refractivity contribution in [3.8, 4) is 5.75 Å². The molecule has 1 heterocycles. The van der Waals surface area contributed by atoms with Gasteiger partial charge in [0.1, 0.15) is 5.75 Å². The van der Waals surface area contributed by atoms with Gasteiger partial charge in [0.15, 0.2) is 0 Å². The number of hydrogen-bond acceptors (Lipinski definition) is 2. The van der Waals surface area contributed by atoms with E-state index in [1.165, 1.54) is 19.4 Å². The van der Waals surface area contributed by atoms with E-state index in [2.05, 4.69) is 4.98 Å². The van der Waals surface area contributed by atoms with Crippen molar-refractivity contribution < 1.29 is 13.5 Å². The van der Waals surface area contributed by atoms with E-state index >= 15 is 0 Å². The molecule has 72 valence electrons. The summed E-state index contributed by atoms with van der Waals surface area (Å²) >= 11 is 5.44. The molecule has 0 aliphatic heterocycles. The minimum atomic E-state index is -2.57. The van der Waals surface area contributed by atoms with E-state index in [0.717, 1.165) is 0 Å². The van der Waals surface area contributed by atoms with Gasteiger partial charge < -0.3 is 4.74 Å². The minimum absolute atomic E-state index is 0.0241. The normalized spacial score (nSPS) is 10.5. The largest absolute Gasteiger partial charge is 0.495 e. The Morgan fingerprint density at radius 3 is 2.77 bits per heavy atom.